The second-order valence-corrected chi connectivity index (χ2v) is 8.51. The maximum atomic E-state index is 10.7. The van der Waals surface area contributed by atoms with E-state index in [0.717, 1.165) is 51.1 Å². The van der Waals surface area contributed by atoms with Gasteiger partial charge in [-0.2, -0.15) is 4.80 Å². The molecule has 3 aromatic rings. The first-order valence-corrected chi connectivity index (χ1v) is 10.4. The summed E-state index contributed by atoms with van der Waals surface area (Å²) in [4.78, 5) is 21.5. The van der Waals surface area contributed by atoms with E-state index in [9.17, 15) is 4.79 Å². The van der Waals surface area contributed by atoms with Crippen LogP contribution < -0.4 is 9.80 Å². The van der Waals surface area contributed by atoms with Crippen LogP contribution >= 0.6 is 38.9 Å². The van der Waals surface area contributed by atoms with Crippen LogP contribution in [0.15, 0.2) is 28.9 Å². The zero-order chi connectivity index (χ0) is 19.7. The number of aliphatic carboxylic acids is 1. The Morgan fingerprint density at radius 2 is 1.96 bits per heavy atom. The van der Waals surface area contributed by atoms with Crippen molar-refractivity contribution in [2.24, 2.45) is 0 Å². The van der Waals surface area contributed by atoms with Gasteiger partial charge in [-0.15, -0.1) is 10.2 Å². The Balaban J connectivity index is 1.41. The molecule has 0 aliphatic carbocycles. The van der Waals surface area contributed by atoms with E-state index in [-0.39, 0.29) is 6.54 Å². The lowest BCUT2D eigenvalue weighted by Crippen LogP contribution is -2.46. The van der Waals surface area contributed by atoms with Gasteiger partial charge in [-0.3, -0.25) is 4.79 Å². The van der Waals surface area contributed by atoms with Crippen molar-refractivity contribution in [1.82, 2.24) is 25.2 Å². The van der Waals surface area contributed by atoms with Crippen molar-refractivity contribution in [3.05, 3.63) is 33.9 Å². The normalized spacial score (nSPS) is 14.5. The van der Waals surface area contributed by atoms with Gasteiger partial charge in [0, 0.05) is 41.4 Å². The van der Waals surface area contributed by atoms with Crippen molar-refractivity contribution in [3.63, 3.8) is 0 Å². The number of carbonyl (C=O) groups is 1. The van der Waals surface area contributed by atoms with Crippen molar-refractivity contribution in [2.45, 2.75) is 6.54 Å². The van der Waals surface area contributed by atoms with E-state index in [4.69, 9.17) is 16.7 Å². The van der Waals surface area contributed by atoms with Gasteiger partial charge >= 0.3 is 5.97 Å². The Morgan fingerprint density at radius 3 is 2.68 bits per heavy atom. The Bertz CT molecular complexity index is 982. The Morgan fingerprint density at radius 1 is 1.21 bits per heavy atom. The van der Waals surface area contributed by atoms with Crippen molar-refractivity contribution >= 4 is 55.7 Å². The highest BCUT2D eigenvalue weighted by Gasteiger charge is 2.21. The lowest BCUT2D eigenvalue weighted by atomic mass is 10.2. The van der Waals surface area contributed by atoms with Gasteiger partial charge in [0.2, 0.25) is 5.82 Å². The van der Waals surface area contributed by atoms with E-state index in [1.807, 2.05) is 12.1 Å². The highest BCUT2D eigenvalue weighted by molar-refractivity contribution is 9.10. The summed E-state index contributed by atoms with van der Waals surface area (Å²) in [5.41, 5.74) is 1.10. The third-order valence-corrected chi connectivity index (χ3v) is 5.94. The molecule has 1 aliphatic heterocycles. The number of hydrogen-bond acceptors (Lipinski definition) is 8. The molecule has 9 nitrogen and oxygen atoms in total. The summed E-state index contributed by atoms with van der Waals surface area (Å²) in [7, 11) is 0. The van der Waals surface area contributed by atoms with Gasteiger partial charge in [0.25, 0.3) is 0 Å². The number of hydrogen-bond donors (Lipinski definition) is 1. The van der Waals surface area contributed by atoms with Gasteiger partial charge in [0.05, 0.1) is 11.1 Å². The zero-order valence-corrected chi connectivity index (χ0v) is 17.7. The number of nitrogens with zero attached hydrogens (tertiary/aromatic N) is 7. The molecule has 146 valence electrons. The summed E-state index contributed by atoms with van der Waals surface area (Å²) in [5, 5.41) is 22.1. The van der Waals surface area contributed by atoms with Gasteiger partial charge in [-0.25, -0.2) is 4.98 Å². The molecule has 0 amide bonds. The standard InChI is InChI=1S/C16H15BrClN7O2S/c17-10-5-11(18)7-12(6-10)23-1-3-24(4-2-23)16-19-8-13(28-16)15-20-22-25(21-15)9-14(26)27/h5-8H,1-4,9H2,(H,26,27). The fourth-order valence-electron chi connectivity index (χ4n) is 2.92. The van der Waals surface area contributed by atoms with Gasteiger partial charge in [0.1, 0.15) is 0 Å². The molecule has 0 radical (unpaired) electrons. The van der Waals surface area contributed by atoms with Crippen molar-refractivity contribution in [1.29, 1.82) is 0 Å². The number of piperazine rings is 1. The van der Waals surface area contributed by atoms with Crippen molar-refractivity contribution < 1.29 is 9.90 Å². The maximum Gasteiger partial charge on any atom is 0.327 e. The average Bonchev–Trinajstić information content (AvgIpc) is 3.30. The fourth-order valence-corrected chi connectivity index (χ4v) is 4.66. The molecule has 1 fully saturated rings. The first-order valence-electron chi connectivity index (χ1n) is 8.40. The largest absolute Gasteiger partial charge is 0.480 e. The molecule has 1 aromatic carbocycles. The molecule has 1 saturated heterocycles. The second-order valence-electron chi connectivity index (χ2n) is 6.15. The molecule has 0 saturated carbocycles. The first-order chi connectivity index (χ1) is 13.5. The van der Waals surface area contributed by atoms with Gasteiger partial charge < -0.3 is 14.9 Å². The van der Waals surface area contributed by atoms with E-state index >= 15 is 0 Å². The smallest absolute Gasteiger partial charge is 0.327 e. The van der Waals surface area contributed by atoms with Crippen LogP contribution in [-0.4, -0.2) is 62.4 Å². The maximum absolute atomic E-state index is 10.7. The SMILES string of the molecule is O=C(O)Cn1nnc(-c2cnc(N3CCN(c4cc(Cl)cc(Br)c4)CC3)s2)n1. The number of aromatic nitrogens is 5. The van der Waals surface area contributed by atoms with E-state index in [0.29, 0.717) is 10.8 Å². The first kappa shape index (κ1) is 19.1. The molecule has 4 rings (SSSR count). The third kappa shape index (κ3) is 4.26. The minimum atomic E-state index is -1.02. The Kier molecular flexibility index (Phi) is 5.47. The van der Waals surface area contributed by atoms with Crippen LogP contribution in [0.3, 0.4) is 0 Å². The van der Waals surface area contributed by atoms with E-state index in [2.05, 4.69) is 52.2 Å². The van der Waals surface area contributed by atoms with Crippen LogP contribution in [0.25, 0.3) is 10.7 Å². The molecule has 0 bridgehead atoms. The molecule has 0 atom stereocenters. The monoisotopic (exact) mass is 483 g/mol. The molecule has 1 aliphatic rings. The number of halogens is 2. The number of anilines is 2. The van der Waals surface area contributed by atoms with Crippen LogP contribution in [0.1, 0.15) is 0 Å². The van der Waals surface area contributed by atoms with Gasteiger partial charge in [-0.05, 0) is 23.4 Å². The second kappa shape index (κ2) is 8.02. The molecule has 28 heavy (non-hydrogen) atoms. The number of thiazole rings is 1. The van der Waals surface area contributed by atoms with Gasteiger partial charge in [0.15, 0.2) is 11.7 Å². The summed E-state index contributed by atoms with van der Waals surface area (Å²) in [5.74, 6) is -0.633. The Hall–Kier alpha value is -2.24. The molecule has 1 N–H and O–H groups in total. The fraction of sp³-hybridized carbons (Fsp3) is 0.312. The zero-order valence-electron chi connectivity index (χ0n) is 14.5. The van der Waals surface area contributed by atoms with E-state index in [1.54, 1.807) is 6.20 Å². The molecule has 2 aromatic heterocycles. The number of benzene rings is 1. The summed E-state index contributed by atoms with van der Waals surface area (Å²) < 4.78 is 0.963. The molecular formula is C16H15BrClN7O2S. The predicted molar refractivity (Wildman–Crippen MR) is 110 cm³/mol. The predicted octanol–water partition coefficient (Wildman–Crippen LogP) is 2.62. The number of carboxylic acids is 1. The molecule has 0 spiro atoms. The minimum absolute atomic E-state index is 0.319. The topological polar surface area (TPSA) is 100 Å². The summed E-state index contributed by atoms with van der Waals surface area (Å²) in [6.07, 6.45) is 1.70. The molecule has 12 heteroatoms. The van der Waals surface area contributed by atoms with E-state index in [1.165, 1.54) is 11.3 Å². The van der Waals surface area contributed by atoms with Crippen molar-refractivity contribution in [2.75, 3.05) is 36.0 Å². The van der Waals surface area contributed by atoms with Crippen LogP contribution in [-0.2, 0) is 11.3 Å². The highest BCUT2D eigenvalue weighted by Crippen LogP contribution is 2.31. The quantitative estimate of drug-likeness (QED) is 0.590. The molecule has 3 heterocycles. The van der Waals surface area contributed by atoms with Crippen molar-refractivity contribution in [3.8, 4) is 10.7 Å². The summed E-state index contributed by atoms with van der Waals surface area (Å²) in [6.45, 7) is 3.05. The average molecular weight is 485 g/mol. The van der Waals surface area contributed by atoms with Crippen LogP contribution in [0, 0.1) is 0 Å². The third-order valence-electron chi connectivity index (χ3n) is 4.21. The molecule has 0 unspecified atom stereocenters. The van der Waals surface area contributed by atoms with Gasteiger partial charge in [-0.1, -0.05) is 38.9 Å². The Labute approximate surface area is 177 Å². The molecular weight excluding hydrogens is 470 g/mol. The number of carboxylic acid groups (broad SMARTS) is 1. The summed E-state index contributed by atoms with van der Waals surface area (Å²) >= 11 is 11.1. The number of tetrazole rings is 1. The lowest BCUT2D eigenvalue weighted by molar-refractivity contribution is -0.138. The van der Waals surface area contributed by atoms with Crippen LogP contribution in [0.4, 0.5) is 10.8 Å². The van der Waals surface area contributed by atoms with Crippen LogP contribution in [0.2, 0.25) is 5.02 Å². The highest BCUT2D eigenvalue weighted by atomic mass is 79.9. The lowest BCUT2D eigenvalue weighted by Gasteiger charge is -2.36. The van der Waals surface area contributed by atoms with Crippen LogP contribution in [0.5, 0.6) is 0 Å². The van der Waals surface area contributed by atoms with E-state index < -0.39 is 5.97 Å². The minimum Gasteiger partial charge on any atom is -0.480 e. The number of rotatable bonds is 5. The summed E-state index contributed by atoms with van der Waals surface area (Å²) in [6, 6.07) is 5.91.